The summed E-state index contributed by atoms with van der Waals surface area (Å²) in [6, 6.07) is 7.50. The minimum Gasteiger partial charge on any atom is -0.336 e. The Labute approximate surface area is 156 Å². The molecule has 1 fully saturated rings. The van der Waals surface area contributed by atoms with Crippen LogP contribution < -0.4 is 5.32 Å². The Morgan fingerprint density at radius 2 is 1.52 bits per heavy atom. The predicted molar refractivity (Wildman–Crippen MR) is 103 cm³/mol. The van der Waals surface area contributed by atoms with Crippen LogP contribution in [0.2, 0.25) is 0 Å². The summed E-state index contributed by atoms with van der Waals surface area (Å²) in [5, 5.41) is 7.04. The van der Waals surface area contributed by atoms with Gasteiger partial charge < -0.3 is 10.2 Å². The van der Waals surface area contributed by atoms with Crippen LogP contribution in [0, 0.1) is 11.8 Å². The van der Waals surface area contributed by atoms with E-state index in [1.165, 1.54) is 0 Å². The van der Waals surface area contributed by atoms with Crippen molar-refractivity contribution < 1.29 is 9.59 Å². The molecule has 1 saturated heterocycles. The Balaban J connectivity index is 2.10. The van der Waals surface area contributed by atoms with E-state index >= 15 is 0 Å². The first-order valence-corrected chi connectivity index (χ1v) is 10.4. The molecule has 0 unspecified atom stereocenters. The fraction of sp³-hybridized carbons (Fsp3) is 0.474. The van der Waals surface area contributed by atoms with Crippen molar-refractivity contribution in [2.24, 2.45) is 11.8 Å². The first kappa shape index (κ1) is 18.1. The molecule has 0 aromatic carbocycles. The highest BCUT2D eigenvalue weighted by atomic mass is 32.1. The number of hydrogen-bond donors (Lipinski definition) is 1. The third-order valence-corrected chi connectivity index (χ3v) is 6.65. The predicted octanol–water partition coefficient (Wildman–Crippen LogP) is 4.87. The standard InChI is InChI=1S/C19H24N2O2S2/c1-11(2)20-19(23)21-16(14-7-5-9-24-14)12(3)18(22)13(4)17(21)15-8-6-10-25-15/h5-13,16-17H,1-4H3,(H,20,23)/t12-,13+,16+,17-. The van der Waals surface area contributed by atoms with Gasteiger partial charge in [-0.3, -0.25) is 4.79 Å². The van der Waals surface area contributed by atoms with Crippen molar-refractivity contribution in [2.75, 3.05) is 0 Å². The average molecular weight is 377 g/mol. The van der Waals surface area contributed by atoms with Crippen molar-refractivity contribution in [1.29, 1.82) is 0 Å². The SMILES string of the molecule is CC(C)NC(=O)N1[C@H](c2cccs2)[C@@H](C)C(=O)[C@@H](C)[C@@H]1c1cccs1. The van der Waals surface area contributed by atoms with Gasteiger partial charge in [0.1, 0.15) is 5.78 Å². The molecule has 0 spiro atoms. The summed E-state index contributed by atoms with van der Waals surface area (Å²) in [6.07, 6.45) is 0. The van der Waals surface area contributed by atoms with Crippen molar-refractivity contribution in [3.63, 3.8) is 0 Å². The second-order valence-electron chi connectivity index (χ2n) is 6.91. The molecule has 1 aliphatic rings. The summed E-state index contributed by atoms with van der Waals surface area (Å²) in [6.45, 7) is 7.81. The minimum absolute atomic E-state index is 0.0451. The zero-order valence-corrected chi connectivity index (χ0v) is 16.6. The van der Waals surface area contributed by atoms with Crippen LogP contribution in [0.25, 0.3) is 0 Å². The molecule has 1 N–H and O–H groups in total. The third-order valence-electron chi connectivity index (χ3n) is 4.76. The maximum Gasteiger partial charge on any atom is 0.318 e. The molecule has 4 atom stereocenters. The molecule has 25 heavy (non-hydrogen) atoms. The molecule has 3 heterocycles. The van der Waals surface area contributed by atoms with Gasteiger partial charge in [0.2, 0.25) is 0 Å². The van der Waals surface area contributed by atoms with Crippen LogP contribution in [0.3, 0.4) is 0 Å². The lowest BCUT2D eigenvalue weighted by molar-refractivity contribution is -0.135. The van der Waals surface area contributed by atoms with E-state index < -0.39 is 0 Å². The lowest BCUT2D eigenvalue weighted by Crippen LogP contribution is -2.55. The summed E-state index contributed by atoms with van der Waals surface area (Å²) in [4.78, 5) is 30.1. The number of carbonyl (C=O) groups excluding carboxylic acids is 2. The van der Waals surface area contributed by atoms with E-state index in [4.69, 9.17) is 0 Å². The van der Waals surface area contributed by atoms with Crippen LogP contribution in [0.15, 0.2) is 35.0 Å². The van der Waals surface area contributed by atoms with Gasteiger partial charge in [0.05, 0.1) is 12.1 Å². The van der Waals surface area contributed by atoms with Crippen molar-refractivity contribution >= 4 is 34.5 Å². The molecule has 0 aliphatic carbocycles. The number of nitrogens with zero attached hydrogens (tertiary/aromatic N) is 1. The fourth-order valence-corrected chi connectivity index (χ4v) is 5.50. The number of thiophene rings is 2. The maximum absolute atomic E-state index is 13.1. The van der Waals surface area contributed by atoms with Crippen LogP contribution in [-0.4, -0.2) is 22.8 Å². The normalized spacial score (nSPS) is 26.9. The second-order valence-corrected chi connectivity index (χ2v) is 8.87. The first-order valence-electron chi connectivity index (χ1n) is 8.61. The number of rotatable bonds is 3. The lowest BCUT2D eigenvalue weighted by Gasteiger charge is -2.47. The van der Waals surface area contributed by atoms with Gasteiger partial charge in [-0.05, 0) is 36.7 Å². The summed E-state index contributed by atoms with van der Waals surface area (Å²) >= 11 is 3.21. The minimum atomic E-state index is -0.227. The monoisotopic (exact) mass is 376 g/mol. The molecule has 0 radical (unpaired) electrons. The molecular formula is C19H24N2O2S2. The summed E-state index contributed by atoms with van der Waals surface area (Å²) < 4.78 is 0. The Kier molecular flexibility index (Phi) is 5.29. The van der Waals surface area contributed by atoms with Crippen LogP contribution >= 0.6 is 22.7 Å². The summed E-state index contributed by atoms with van der Waals surface area (Å²) in [5.74, 6) is -0.212. The molecule has 2 aromatic rings. The van der Waals surface area contributed by atoms with Gasteiger partial charge in [0.15, 0.2) is 0 Å². The molecule has 4 nitrogen and oxygen atoms in total. The van der Waals surface area contributed by atoms with Gasteiger partial charge in [0.25, 0.3) is 0 Å². The molecule has 2 amide bonds. The first-order chi connectivity index (χ1) is 11.9. The van der Waals surface area contributed by atoms with E-state index in [2.05, 4.69) is 5.32 Å². The van der Waals surface area contributed by atoms with E-state index in [0.717, 1.165) is 9.75 Å². The van der Waals surface area contributed by atoms with Crippen molar-refractivity contribution in [3.8, 4) is 0 Å². The Morgan fingerprint density at radius 3 is 1.88 bits per heavy atom. The van der Waals surface area contributed by atoms with Crippen LogP contribution in [0.5, 0.6) is 0 Å². The van der Waals surface area contributed by atoms with Crippen molar-refractivity contribution in [2.45, 2.75) is 45.8 Å². The number of piperidine rings is 1. The van der Waals surface area contributed by atoms with E-state index in [9.17, 15) is 9.59 Å². The Bertz CT molecular complexity index is 674. The molecule has 0 saturated carbocycles. The van der Waals surface area contributed by atoms with Crippen LogP contribution in [-0.2, 0) is 4.79 Å². The number of ketones is 1. The fourth-order valence-electron chi connectivity index (χ4n) is 3.64. The number of amides is 2. The summed E-state index contributed by atoms with van der Waals surface area (Å²) in [7, 11) is 0. The number of likely N-dealkylation sites (tertiary alicyclic amines) is 1. The Hall–Kier alpha value is -1.66. The Morgan fingerprint density at radius 1 is 1.04 bits per heavy atom. The van der Waals surface area contributed by atoms with Crippen LogP contribution in [0.1, 0.15) is 49.5 Å². The van der Waals surface area contributed by atoms with Crippen molar-refractivity contribution in [1.82, 2.24) is 10.2 Å². The van der Waals surface area contributed by atoms with Gasteiger partial charge in [-0.15, -0.1) is 22.7 Å². The van der Waals surface area contributed by atoms with E-state index in [-0.39, 0.29) is 41.8 Å². The van der Waals surface area contributed by atoms with E-state index in [0.29, 0.717) is 0 Å². The highest BCUT2D eigenvalue weighted by molar-refractivity contribution is 7.10. The van der Waals surface area contributed by atoms with Gasteiger partial charge in [-0.2, -0.15) is 0 Å². The highest BCUT2D eigenvalue weighted by Crippen LogP contribution is 2.47. The molecular weight excluding hydrogens is 352 g/mol. The highest BCUT2D eigenvalue weighted by Gasteiger charge is 2.48. The smallest absolute Gasteiger partial charge is 0.318 e. The zero-order chi connectivity index (χ0) is 18.1. The van der Waals surface area contributed by atoms with Gasteiger partial charge in [0, 0.05) is 27.6 Å². The number of carbonyl (C=O) groups is 2. The van der Waals surface area contributed by atoms with Gasteiger partial charge in [-0.25, -0.2) is 4.79 Å². The van der Waals surface area contributed by atoms with Crippen molar-refractivity contribution in [3.05, 3.63) is 44.8 Å². The molecule has 6 heteroatoms. The van der Waals surface area contributed by atoms with E-state index in [1.807, 2.05) is 67.6 Å². The lowest BCUT2D eigenvalue weighted by atomic mass is 9.78. The number of hydrogen-bond acceptors (Lipinski definition) is 4. The molecule has 0 bridgehead atoms. The zero-order valence-electron chi connectivity index (χ0n) is 14.9. The summed E-state index contributed by atoms with van der Waals surface area (Å²) in [5.41, 5.74) is 0. The molecule has 3 rings (SSSR count). The largest absolute Gasteiger partial charge is 0.336 e. The average Bonchev–Trinajstić information content (AvgIpc) is 3.24. The topological polar surface area (TPSA) is 49.4 Å². The molecule has 2 aromatic heterocycles. The second kappa shape index (κ2) is 7.30. The van der Waals surface area contributed by atoms with Crippen LogP contribution in [0.4, 0.5) is 4.79 Å². The number of Topliss-reactive ketones (excluding diaryl/α,β-unsaturated/α-hetero) is 1. The number of nitrogens with one attached hydrogen (secondary N) is 1. The third kappa shape index (κ3) is 3.37. The maximum atomic E-state index is 13.1. The number of urea groups is 1. The quantitative estimate of drug-likeness (QED) is 0.831. The van der Waals surface area contributed by atoms with Gasteiger partial charge in [-0.1, -0.05) is 26.0 Å². The van der Waals surface area contributed by atoms with Gasteiger partial charge >= 0.3 is 6.03 Å². The van der Waals surface area contributed by atoms with E-state index in [1.54, 1.807) is 22.7 Å². The molecule has 134 valence electrons. The molecule has 1 aliphatic heterocycles.